The maximum atomic E-state index is 13.5. The number of nitrogens with two attached hydrogens (primary N) is 1. The van der Waals surface area contributed by atoms with Crippen LogP contribution in [-0.2, 0) is 20.9 Å². The molecular formula is C24H23ClN6O5. The van der Waals surface area contributed by atoms with Crippen LogP contribution in [0, 0.1) is 5.92 Å². The topological polar surface area (TPSA) is 150 Å². The van der Waals surface area contributed by atoms with Crippen LogP contribution >= 0.6 is 11.6 Å². The van der Waals surface area contributed by atoms with Crippen molar-refractivity contribution in [3.05, 3.63) is 52.8 Å². The smallest absolute Gasteiger partial charge is 0.337 e. The molecule has 3 atom stereocenters. The van der Waals surface area contributed by atoms with Gasteiger partial charge in [0.2, 0.25) is 11.8 Å². The summed E-state index contributed by atoms with van der Waals surface area (Å²) in [5, 5.41) is 7.61. The summed E-state index contributed by atoms with van der Waals surface area (Å²) in [6, 6.07) is 8.77. The van der Waals surface area contributed by atoms with Crippen molar-refractivity contribution < 1.29 is 23.9 Å². The number of pyridine rings is 1. The molecule has 1 saturated heterocycles. The minimum Gasteiger partial charge on any atom is -0.465 e. The second kappa shape index (κ2) is 9.23. The van der Waals surface area contributed by atoms with Gasteiger partial charge in [-0.2, -0.15) is 5.10 Å². The summed E-state index contributed by atoms with van der Waals surface area (Å²) in [6.07, 6.45) is 2.40. The van der Waals surface area contributed by atoms with E-state index in [1.54, 1.807) is 29.2 Å². The van der Waals surface area contributed by atoms with Gasteiger partial charge in [0.1, 0.15) is 23.6 Å². The number of rotatable bonds is 6. The highest BCUT2D eigenvalue weighted by Crippen LogP contribution is 2.43. The second-order valence-electron chi connectivity index (χ2n) is 8.90. The third-order valence-corrected chi connectivity index (χ3v) is 7.01. The third-order valence-electron chi connectivity index (χ3n) is 6.80. The largest absolute Gasteiger partial charge is 0.465 e. The van der Waals surface area contributed by atoms with Gasteiger partial charge < -0.3 is 20.7 Å². The lowest BCUT2D eigenvalue weighted by Gasteiger charge is -2.34. The lowest BCUT2D eigenvalue weighted by atomic mass is 9.97. The maximum Gasteiger partial charge on any atom is 0.337 e. The Morgan fingerprint density at radius 2 is 2.00 bits per heavy atom. The summed E-state index contributed by atoms with van der Waals surface area (Å²) in [7, 11) is 1.25. The zero-order valence-corrected chi connectivity index (χ0v) is 20.1. The molecule has 2 fully saturated rings. The molecule has 3 heterocycles. The van der Waals surface area contributed by atoms with Crippen molar-refractivity contribution in [1.82, 2.24) is 19.7 Å². The van der Waals surface area contributed by atoms with E-state index in [2.05, 4.69) is 15.4 Å². The molecule has 1 aliphatic heterocycles. The quantitative estimate of drug-likeness (QED) is 0.380. The predicted octanol–water partition coefficient (Wildman–Crippen LogP) is 1.99. The molecule has 2 aliphatic rings. The number of likely N-dealkylation sites (tertiary alicyclic amines) is 1. The monoisotopic (exact) mass is 510 g/mol. The first-order valence-corrected chi connectivity index (χ1v) is 11.8. The Hall–Kier alpha value is -3.99. The number of hydrogen-bond donors (Lipinski definition) is 2. The maximum absolute atomic E-state index is 13.5. The SMILES string of the molecule is COC(=O)c1ccc2c(c1)c(C(N)=O)nn2CC(=O)N1[C@@H]2CC[C@@H](C2)[C@H]1C(=O)Nc1cccc(Cl)n1. The summed E-state index contributed by atoms with van der Waals surface area (Å²) < 4.78 is 6.12. The van der Waals surface area contributed by atoms with E-state index in [1.165, 1.54) is 23.9 Å². The van der Waals surface area contributed by atoms with Crippen LogP contribution in [0.4, 0.5) is 5.82 Å². The van der Waals surface area contributed by atoms with Crippen LogP contribution in [0.5, 0.6) is 0 Å². The molecule has 1 saturated carbocycles. The van der Waals surface area contributed by atoms with E-state index in [1.807, 2.05) is 0 Å². The number of primary amides is 1. The molecule has 3 N–H and O–H groups in total. The van der Waals surface area contributed by atoms with Gasteiger partial charge in [-0.3, -0.25) is 19.1 Å². The molecule has 0 radical (unpaired) electrons. The molecule has 1 aliphatic carbocycles. The average Bonchev–Trinajstić information content (AvgIpc) is 3.56. The van der Waals surface area contributed by atoms with Gasteiger partial charge in [-0.25, -0.2) is 9.78 Å². The van der Waals surface area contributed by atoms with Gasteiger partial charge in [-0.15, -0.1) is 0 Å². The number of amides is 3. The molecule has 3 aromatic rings. The standard InChI is InChI=1S/C24H23ClN6O5/c1-36-24(35)13-6-8-16-15(10-13)20(22(26)33)29-30(16)11-19(32)31-14-7-5-12(9-14)21(31)23(34)28-18-4-2-3-17(25)27-18/h2-4,6,8,10,12,14,21H,5,7,9,11H2,1H3,(H2,26,33)(H,27,28,34)/t12-,14+,21-/m0/s1. The fourth-order valence-corrected chi connectivity index (χ4v) is 5.46. The first kappa shape index (κ1) is 23.7. The van der Waals surface area contributed by atoms with Crippen LogP contribution in [0.3, 0.4) is 0 Å². The van der Waals surface area contributed by atoms with E-state index < -0.39 is 17.9 Å². The number of nitrogens with one attached hydrogen (secondary N) is 1. The minimum absolute atomic E-state index is 0.0382. The fourth-order valence-electron chi connectivity index (χ4n) is 5.30. The van der Waals surface area contributed by atoms with Crippen molar-refractivity contribution in [3.8, 4) is 0 Å². The molecule has 36 heavy (non-hydrogen) atoms. The van der Waals surface area contributed by atoms with Gasteiger partial charge >= 0.3 is 5.97 Å². The van der Waals surface area contributed by atoms with Crippen molar-refractivity contribution in [3.63, 3.8) is 0 Å². The number of esters is 1. The zero-order valence-electron chi connectivity index (χ0n) is 19.3. The zero-order chi connectivity index (χ0) is 25.6. The summed E-state index contributed by atoms with van der Waals surface area (Å²) in [5.74, 6) is -1.65. The lowest BCUT2D eigenvalue weighted by molar-refractivity contribution is -0.141. The first-order chi connectivity index (χ1) is 17.3. The molecule has 0 spiro atoms. The molecule has 3 amide bonds. The van der Waals surface area contributed by atoms with Gasteiger partial charge in [0.15, 0.2) is 5.69 Å². The highest BCUT2D eigenvalue weighted by atomic mass is 35.5. The number of benzene rings is 1. The van der Waals surface area contributed by atoms with Gasteiger partial charge in [-0.1, -0.05) is 17.7 Å². The Balaban J connectivity index is 1.42. The molecule has 5 rings (SSSR count). The van der Waals surface area contributed by atoms with Crippen molar-refractivity contribution in [1.29, 1.82) is 0 Å². The number of halogens is 1. The van der Waals surface area contributed by atoms with Crippen LogP contribution in [0.25, 0.3) is 10.9 Å². The molecule has 2 aromatic heterocycles. The number of hydrogen-bond acceptors (Lipinski definition) is 7. The average molecular weight is 511 g/mol. The molecule has 12 heteroatoms. The van der Waals surface area contributed by atoms with E-state index >= 15 is 0 Å². The molecule has 0 unspecified atom stereocenters. The van der Waals surface area contributed by atoms with E-state index in [0.717, 1.165) is 19.3 Å². The van der Waals surface area contributed by atoms with Crippen LogP contribution < -0.4 is 11.1 Å². The lowest BCUT2D eigenvalue weighted by Crippen LogP contribution is -2.52. The van der Waals surface area contributed by atoms with E-state index in [4.69, 9.17) is 22.1 Å². The van der Waals surface area contributed by atoms with Crippen LogP contribution in [0.2, 0.25) is 5.15 Å². The molecular weight excluding hydrogens is 488 g/mol. The van der Waals surface area contributed by atoms with E-state index in [-0.39, 0.29) is 46.7 Å². The van der Waals surface area contributed by atoms with Crippen molar-refractivity contribution in [2.24, 2.45) is 11.7 Å². The third kappa shape index (κ3) is 4.15. The number of nitrogens with zero attached hydrogens (tertiary/aromatic N) is 4. The highest BCUT2D eigenvalue weighted by molar-refractivity contribution is 6.29. The number of carbonyl (C=O) groups excluding carboxylic acids is 4. The number of methoxy groups -OCH3 is 1. The predicted molar refractivity (Wildman–Crippen MR) is 129 cm³/mol. The Labute approximate surface area is 210 Å². The summed E-state index contributed by atoms with van der Waals surface area (Å²) in [4.78, 5) is 56.4. The number of aromatic nitrogens is 3. The van der Waals surface area contributed by atoms with Gasteiger partial charge in [0, 0.05) is 11.4 Å². The van der Waals surface area contributed by atoms with Gasteiger partial charge in [0.05, 0.1) is 18.2 Å². The van der Waals surface area contributed by atoms with Crippen molar-refractivity contribution in [2.75, 3.05) is 12.4 Å². The molecule has 186 valence electrons. The number of anilines is 1. The van der Waals surface area contributed by atoms with Gasteiger partial charge in [0.25, 0.3) is 5.91 Å². The van der Waals surface area contributed by atoms with Crippen LogP contribution in [0.1, 0.15) is 40.1 Å². The van der Waals surface area contributed by atoms with Crippen LogP contribution in [-0.4, -0.2) is 62.5 Å². The Morgan fingerprint density at radius 3 is 2.72 bits per heavy atom. The highest BCUT2D eigenvalue weighted by Gasteiger charge is 2.51. The Kier molecular flexibility index (Phi) is 6.09. The Bertz CT molecular complexity index is 1400. The Morgan fingerprint density at radius 1 is 1.19 bits per heavy atom. The van der Waals surface area contributed by atoms with E-state index in [9.17, 15) is 19.2 Å². The molecule has 1 aromatic carbocycles. The number of fused-ring (bicyclic) bond motifs is 3. The first-order valence-electron chi connectivity index (χ1n) is 11.4. The minimum atomic E-state index is -0.792. The molecule has 2 bridgehead atoms. The second-order valence-corrected chi connectivity index (χ2v) is 9.29. The number of piperidine rings is 1. The van der Waals surface area contributed by atoms with Crippen molar-refractivity contribution >= 4 is 52.0 Å². The number of ether oxygens (including phenoxy) is 1. The fraction of sp³-hybridized carbons (Fsp3) is 0.333. The van der Waals surface area contributed by atoms with Gasteiger partial charge in [-0.05, 0) is 55.5 Å². The summed E-state index contributed by atoms with van der Waals surface area (Å²) in [6.45, 7) is -0.205. The number of carbonyl (C=O) groups is 4. The normalized spacial score (nSPS) is 20.5. The summed E-state index contributed by atoms with van der Waals surface area (Å²) >= 11 is 5.93. The van der Waals surface area contributed by atoms with E-state index in [0.29, 0.717) is 16.7 Å². The van der Waals surface area contributed by atoms with Crippen LogP contribution in [0.15, 0.2) is 36.4 Å². The molecule has 11 nitrogen and oxygen atoms in total. The van der Waals surface area contributed by atoms with Crippen molar-refractivity contribution in [2.45, 2.75) is 37.9 Å². The summed E-state index contributed by atoms with van der Waals surface area (Å²) in [5.41, 5.74) is 6.12.